The van der Waals surface area contributed by atoms with E-state index in [9.17, 15) is 9.59 Å². The van der Waals surface area contributed by atoms with Crippen LogP contribution in [0.25, 0.3) is 0 Å². The number of aryl methyl sites for hydroxylation is 2. The highest BCUT2D eigenvalue weighted by Crippen LogP contribution is 2.20. The summed E-state index contributed by atoms with van der Waals surface area (Å²) in [5, 5.41) is 11.1. The predicted octanol–water partition coefficient (Wildman–Crippen LogP) is 0.157. The topological polar surface area (TPSA) is 106 Å². The van der Waals surface area contributed by atoms with Gasteiger partial charge in [-0.1, -0.05) is 6.92 Å². The molecule has 0 unspecified atom stereocenters. The Morgan fingerprint density at radius 1 is 1.42 bits per heavy atom. The van der Waals surface area contributed by atoms with Crippen LogP contribution >= 0.6 is 0 Å². The molecule has 9 nitrogen and oxygen atoms in total. The number of aromatic amines is 1. The van der Waals surface area contributed by atoms with E-state index in [2.05, 4.69) is 20.3 Å². The lowest BCUT2D eigenvalue weighted by Gasteiger charge is -2.31. The second-order valence-electron chi connectivity index (χ2n) is 5.48. The van der Waals surface area contributed by atoms with Gasteiger partial charge in [0.05, 0.1) is 13.2 Å². The van der Waals surface area contributed by atoms with Gasteiger partial charge in [0.15, 0.2) is 5.82 Å². The minimum Gasteiger partial charge on any atom is -0.366 e. The van der Waals surface area contributed by atoms with Crippen molar-refractivity contribution in [3.05, 3.63) is 39.8 Å². The van der Waals surface area contributed by atoms with Crippen molar-refractivity contribution >= 4 is 5.91 Å². The second-order valence-corrected chi connectivity index (χ2v) is 5.48. The van der Waals surface area contributed by atoms with Gasteiger partial charge in [-0.25, -0.2) is 9.67 Å². The molecular weight excluding hydrogens is 312 g/mol. The average Bonchev–Trinajstić information content (AvgIpc) is 3.11. The number of amides is 1. The van der Waals surface area contributed by atoms with Crippen LogP contribution in [0.4, 0.5) is 0 Å². The molecule has 1 saturated heterocycles. The summed E-state index contributed by atoms with van der Waals surface area (Å²) in [7, 11) is 0. The van der Waals surface area contributed by atoms with E-state index in [-0.39, 0.29) is 23.3 Å². The molecule has 2 aromatic heterocycles. The molecule has 9 heteroatoms. The number of morpholine rings is 1. The van der Waals surface area contributed by atoms with E-state index in [4.69, 9.17) is 4.74 Å². The van der Waals surface area contributed by atoms with Crippen LogP contribution in [0.5, 0.6) is 0 Å². The molecule has 0 aliphatic carbocycles. The summed E-state index contributed by atoms with van der Waals surface area (Å²) in [5.41, 5.74) is 0.0306. The fraction of sp³-hybridized carbons (Fsp3) is 0.533. The first-order valence-electron chi connectivity index (χ1n) is 8.02. The summed E-state index contributed by atoms with van der Waals surface area (Å²) in [4.78, 5) is 30.3. The fourth-order valence-electron chi connectivity index (χ4n) is 2.55. The highest BCUT2D eigenvalue weighted by molar-refractivity contribution is 5.92. The molecule has 24 heavy (non-hydrogen) atoms. The summed E-state index contributed by atoms with van der Waals surface area (Å²) < 4.78 is 6.96. The van der Waals surface area contributed by atoms with Gasteiger partial charge < -0.3 is 9.64 Å². The largest absolute Gasteiger partial charge is 0.366 e. The molecule has 0 spiro atoms. The van der Waals surface area contributed by atoms with Crippen LogP contribution < -0.4 is 5.56 Å². The molecule has 0 radical (unpaired) electrons. The minimum atomic E-state index is -0.365. The standard InChI is InChI=1S/C15H20N6O3/c1-3-12-16-14(18-17-12)11-9-20(7-8-24-11)15(23)10-5-6-13(22)21(4-2)19-10/h5-6,11H,3-4,7-9H2,1-2H3,(H,16,17,18)/t11-/m0/s1. The van der Waals surface area contributed by atoms with Gasteiger partial charge in [0.2, 0.25) is 0 Å². The lowest BCUT2D eigenvalue weighted by Crippen LogP contribution is -2.43. The lowest BCUT2D eigenvalue weighted by atomic mass is 10.2. The molecule has 3 rings (SSSR count). The van der Waals surface area contributed by atoms with Crippen LogP contribution in [0.1, 0.15) is 42.1 Å². The maximum Gasteiger partial charge on any atom is 0.274 e. The third kappa shape index (κ3) is 3.21. The molecule has 1 fully saturated rings. The molecule has 0 bridgehead atoms. The highest BCUT2D eigenvalue weighted by Gasteiger charge is 2.29. The molecule has 1 atom stereocenters. The second kappa shape index (κ2) is 6.91. The maximum atomic E-state index is 12.7. The smallest absolute Gasteiger partial charge is 0.274 e. The first-order chi connectivity index (χ1) is 11.6. The molecule has 1 amide bonds. The fourth-order valence-corrected chi connectivity index (χ4v) is 2.55. The Bertz CT molecular complexity index is 784. The van der Waals surface area contributed by atoms with Gasteiger partial charge in [-0.2, -0.15) is 10.2 Å². The first-order valence-corrected chi connectivity index (χ1v) is 8.02. The van der Waals surface area contributed by atoms with Crippen molar-refractivity contribution in [2.45, 2.75) is 32.9 Å². The van der Waals surface area contributed by atoms with Crippen LogP contribution in [-0.4, -0.2) is 55.5 Å². The Kier molecular flexibility index (Phi) is 4.70. The quantitative estimate of drug-likeness (QED) is 0.855. The Balaban J connectivity index is 1.76. The van der Waals surface area contributed by atoms with E-state index < -0.39 is 0 Å². The number of ether oxygens (including phenoxy) is 1. The number of nitrogens with one attached hydrogen (secondary N) is 1. The Labute approximate surface area is 138 Å². The SMILES string of the molecule is CCc1nc([C@@H]2CN(C(=O)c3ccc(=O)n(CC)n3)CCO2)n[nH]1. The summed E-state index contributed by atoms with van der Waals surface area (Å²) in [6.45, 7) is 5.43. The van der Waals surface area contributed by atoms with Gasteiger partial charge in [0.1, 0.15) is 17.6 Å². The first kappa shape index (κ1) is 16.3. The molecule has 0 aromatic carbocycles. The van der Waals surface area contributed by atoms with Crippen molar-refractivity contribution in [2.24, 2.45) is 0 Å². The zero-order chi connectivity index (χ0) is 17.1. The van der Waals surface area contributed by atoms with Crippen LogP contribution in [0.2, 0.25) is 0 Å². The molecular formula is C15H20N6O3. The Hall–Kier alpha value is -2.55. The molecule has 1 aliphatic rings. The summed E-state index contributed by atoms with van der Waals surface area (Å²) in [5.74, 6) is 1.11. The highest BCUT2D eigenvalue weighted by atomic mass is 16.5. The van der Waals surface area contributed by atoms with Gasteiger partial charge in [0, 0.05) is 25.6 Å². The number of rotatable bonds is 4. The molecule has 1 N–H and O–H groups in total. The van der Waals surface area contributed by atoms with E-state index in [0.717, 1.165) is 12.2 Å². The number of carbonyl (C=O) groups is 1. The summed E-state index contributed by atoms with van der Waals surface area (Å²) >= 11 is 0. The van der Waals surface area contributed by atoms with E-state index in [1.54, 1.807) is 4.90 Å². The molecule has 128 valence electrons. The number of hydrogen-bond donors (Lipinski definition) is 1. The molecule has 2 aromatic rings. The lowest BCUT2D eigenvalue weighted by molar-refractivity contribution is -0.0269. The predicted molar refractivity (Wildman–Crippen MR) is 84.5 cm³/mol. The molecule has 3 heterocycles. The Morgan fingerprint density at radius 3 is 2.96 bits per heavy atom. The summed E-state index contributed by atoms with van der Waals surface area (Å²) in [6, 6.07) is 2.83. The number of H-pyrrole nitrogens is 1. The maximum absolute atomic E-state index is 12.7. The minimum absolute atomic E-state index is 0.221. The van der Waals surface area contributed by atoms with Gasteiger partial charge in [-0.3, -0.25) is 14.7 Å². The van der Waals surface area contributed by atoms with Gasteiger partial charge in [-0.05, 0) is 13.0 Å². The number of carbonyl (C=O) groups excluding carboxylic acids is 1. The average molecular weight is 332 g/mol. The van der Waals surface area contributed by atoms with Crippen molar-refractivity contribution in [2.75, 3.05) is 19.7 Å². The van der Waals surface area contributed by atoms with Crippen molar-refractivity contribution in [3.63, 3.8) is 0 Å². The monoisotopic (exact) mass is 332 g/mol. The van der Waals surface area contributed by atoms with Gasteiger partial charge in [0.25, 0.3) is 11.5 Å². The van der Waals surface area contributed by atoms with Crippen LogP contribution in [0.3, 0.4) is 0 Å². The third-order valence-electron chi connectivity index (χ3n) is 3.91. The van der Waals surface area contributed by atoms with E-state index >= 15 is 0 Å². The zero-order valence-electron chi connectivity index (χ0n) is 13.7. The van der Waals surface area contributed by atoms with Crippen LogP contribution in [0.15, 0.2) is 16.9 Å². The molecule has 1 aliphatic heterocycles. The van der Waals surface area contributed by atoms with Crippen molar-refractivity contribution < 1.29 is 9.53 Å². The normalized spacial score (nSPS) is 17.9. The van der Waals surface area contributed by atoms with Crippen LogP contribution in [0, 0.1) is 0 Å². The summed E-state index contributed by atoms with van der Waals surface area (Å²) in [6.07, 6.45) is 0.390. The number of aromatic nitrogens is 5. The number of nitrogens with zero attached hydrogens (tertiary/aromatic N) is 5. The van der Waals surface area contributed by atoms with Crippen molar-refractivity contribution in [1.82, 2.24) is 29.9 Å². The Morgan fingerprint density at radius 2 is 2.25 bits per heavy atom. The van der Waals surface area contributed by atoms with E-state index in [1.807, 2.05) is 13.8 Å². The van der Waals surface area contributed by atoms with Crippen molar-refractivity contribution in [3.8, 4) is 0 Å². The van der Waals surface area contributed by atoms with Crippen molar-refractivity contribution in [1.29, 1.82) is 0 Å². The number of hydrogen-bond acceptors (Lipinski definition) is 6. The molecule has 0 saturated carbocycles. The van der Waals surface area contributed by atoms with E-state index in [0.29, 0.717) is 32.1 Å². The van der Waals surface area contributed by atoms with Gasteiger partial charge in [-0.15, -0.1) is 0 Å². The zero-order valence-corrected chi connectivity index (χ0v) is 13.7. The van der Waals surface area contributed by atoms with Gasteiger partial charge >= 0.3 is 0 Å². The third-order valence-corrected chi connectivity index (χ3v) is 3.91. The van der Waals surface area contributed by atoms with E-state index in [1.165, 1.54) is 16.8 Å². The van der Waals surface area contributed by atoms with Crippen LogP contribution in [-0.2, 0) is 17.7 Å².